The van der Waals surface area contributed by atoms with Gasteiger partial charge in [-0.15, -0.1) is 4.72 Å². The van der Waals surface area contributed by atoms with E-state index in [0.717, 1.165) is 24.1 Å². The summed E-state index contributed by atoms with van der Waals surface area (Å²) in [6.45, 7) is 6.25. The molecule has 1 saturated heterocycles. The van der Waals surface area contributed by atoms with Crippen molar-refractivity contribution in [2.75, 3.05) is 40.0 Å². The molecule has 3 rings (SSSR count). The van der Waals surface area contributed by atoms with Crippen LogP contribution in [0.3, 0.4) is 0 Å². The molecule has 0 spiro atoms. The van der Waals surface area contributed by atoms with Crippen molar-refractivity contribution < 1.29 is 27.8 Å². The van der Waals surface area contributed by atoms with Gasteiger partial charge in [-0.25, -0.2) is 4.79 Å². The summed E-state index contributed by atoms with van der Waals surface area (Å²) >= 11 is 0. The zero-order valence-corrected chi connectivity index (χ0v) is 20.8. The zero-order chi connectivity index (χ0) is 24.6. The number of nitrogens with one attached hydrogen (secondary N) is 1. The molecule has 1 unspecified atom stereocenters. The van der Waals surface area contributed by atoms with Gasteiger partial charge in [-0.3, -0.25) is 4.98 Å². The third-order valence-corrected chi connectivity index (χ3v) is 7.01. The molecule has 1 fully saturated rings. The number of aromatic nitrogens is 1. The standard InChI is InChI=1S/C24H33N3O6S/c1-18(2)33-24(28)27-13-10-19(11-14-27)17-32-21-6-9-23(25-16-21)20-4-7-22(8-5-20)34(29,30)26-12-15-31-3/h4-9,16,18-19H,10-15,17H2,1-3H3,(H-,26,29,30)/p+1. The van der Waals surface area contributed by atoms with Gasteiger partial charge >= 0.3 is 16.5 Å². The highest BCUT2D eigenvalue weighted by atomic mass is 32.3. The Hall–Kier alpha value is -2.53. The molecule has 1 aliphatic heterocycles. The molecule has 1 amide bonds. The largest absolute Gasteiger partial charge is 0.492 e. The average molecular weight is 493 g/mol. The third-order valence-electron chi connectivity index (χ3n) is 5.50. The highest BCUT2D eigenvalue weighted by Gasteiger charge is 2.28. The number of nitrogens with zero attached hydrogens (tertiary/aromatic N) is 2. The number of amides is 1. The number of rotatable bonds is 10. The van der Waals surface area contributed by atoms with Crippen LogP contribution in [0, 0.1) is 5.92 Å². The van der Waals surface area contributed by atoms with Crippen molar-refractivity contribution in [1.29, 1.82) is 0 Å². The second-order valence-electron chi connectivity index (χ2n) is 8.49. The Bertz CT molecular complexity index is 960. The van der Waals surface area contributed by atoms with Gasteiger partial charge in [0.2, 0.25) is 4.90 Å². The summed E-state index contributed by atoms with van der Waals surface area (Å²) in [4.78, 5) is 18.5. The maximum absolute atomic E-state index is 12.4. The van der Waals surface area contributed by atoms with E-state index in [-0.39, 0.29) is 18.7 Å². The quantitative estimate of drug-likeness (QED) is 0.383. The van der Waals surface area contributed by atoms with Crippen LogP contribution in [0.25, 0.3) is 11.3 Å². The Labute approximate surface area is 202 Å². The van der Waals surface area contributed by atoms with Gasteiger partial charge in [-0.05, 0) is 73.2 Å². The number of hydrogen-bond acceptors (Lipinski definition) is 6. The van der Waals surface area contributed by atoms with Gasteiger partial charge in [-0.1, -0.05) is 0 Å². The number of benzene rings is 1. The summed E-state index contributed by atoms with van der Waals surface area (Å²) in [5.74, 6) is 1.06. The third kappa shape index (κ3) is 7.49. The minimum atomic E-state index is -3.32. The number of ether oxygens (including phenoxy) is 3. The summed E-state index contributed by atoms with van der Waals surface area (Å²) in [7, 11) is -1.78. The van der Waals surface area contributed by atoms with E-state index in [0.29, 0.717) is 42.9 Å². The molecule has 186 valence electrons. The van der Waals surface area contributed by atoms with E-state index in [1.54, 1.807) is 35.4 Å². The zero-order valence-electron chi connectivity index (χ0n) is 19.9. The second kappa shape index (κ2) is 12.3. The van der Waals surface area contributed by atoms with Crippen molar-refractivity contribution in [3.05, 3.63) is 42.6 Å². The van der Waals surface area contributed by atoms with Crippen LogP contribution in [0.15, 0.2) is 47.5 Å². The lowest BCUT2D eigenvalue weighted by Crippen LogP contribution is -2.40. The molecule has 34 heavy (non-hydrogen) atoms. The summed E-state index contributed by atoms with van der Waals surface area (Å²) in [6, 6.07) is 10.5. The summed E-state index contributed by atoms with van der Waals surface area (Å²) < 4.78 is 41.2. The normalized spacial score (nSPS) is 16.3. The number of carbonyl (C=O) groups is 1. The van der Waals surface area contributed by atoms with E-state index < -0.39 is 10.4 Å². The molecule has 1 aliphatic rings. The van der Waals surface area contributed by atoms with E-state index in [9.17, 15) is 13.6 Å². The van der Waals surface area contributed by atoms with Crippen LogP contribution in [0.2, 0.25) is 0 Å². The first-order chi connectivity index (χ1) is 16.3. The number of likely N-dealkylation sites (tertiary alicyclic amines) is 1. The molecule has 0 bridgehead atoms. The fourth-order valence-electron chi connectivity index (χ4n) is 3.58. The summed E-state index contributed by atoms with van der Waals surface area (Å²) in [5.41, 5.74) is 1.58. The molecule has 0 aliphatic carbocycles. The molecule has 2 aromatic rings. The minimum absolute atomic E-state index is 0.110. The predicted molar refractivity (Wildman–Crippen MR) is 130 cm³/mol. The highest BCUT2D eigenvalue weighted by molar-refractivity contribution is 7.95. The Balaban J connectivity index is 1.48. The lowest BCUT2D eigenvalue weighted by molar-refractivity contribution is 0.0608. The van der Waals surface area contributed by atoms with Crippen molar-refractivity contribution in [3.63, 3.8) is 0 Å². The molecule has 1 aromatic carbocycles. The lowest BCUT2D eigenvalue weighted by atomic mass is 9.98. The topological polar surface area (TPSA) is 110 Å². The first-order valence-electron chi connectivity index (χ1n) is 11.4. The smallest absolute Gasteiger partial charge is 0.410 e. The van der Waals surface area contributed by atoms with Gasteiger partial charge in [0, 0.05) is 25.8 Å². The van der Waals surface area contributed by atoms with E-state index in [1.807, 2.05) is 26.0 Å². The van der Waals surface area contributed by atoms with Crippen LogP contribution in [0.4, 0.5) is 4.79 Å². The van der Waals surface area contributed by atoms with Crippen LogP contribution >= 0.6 is 0 Å². The Morgan fingerprint density at radius 1 is 1.21 bits per heavy atom. The van der Waals surface area contributed by atoms with Crippen LogP contribution < -0.4 is 9.46 Å². The predicted octanol–water partition coefficient (Wildman–Crippen LogP) is 3.87. The number of methoxy groups -OCH3 is 1. The van der Waals surface area contributed by atoms with Crippen LogP contribution in [0.1, 0.15) is 26.7 Å². The Morgan fingerprint density at radius 3 is 2.50 bits per heavy atom. The lowest BCUT2D eigenvalue weighted by Gasteiger charge is -2.31. The number of piperidine rings is 1. The van der Waals surface area contributed by atoms with E-state index >= 15 is 0 Å². The summed E-state index contributed by atoms with van der Waals surface area (Å²) in [6.07, 6.45) is 3.07. The number of carbonyl (C=O) groups excluding carboxylic acids is 1. The van der Waals surface area contributed by atoms with E-state index in [1.165, 1.54) is 7.11 Å². The summed E-state index contributed by atoms with van der Waals surface area (Å²) in [5, 5.41) is 0. The highest BCUT2D eigenvalue weighted by Crippen LogP contribution is 2.24. The maximum Gasteiger partial charge on any atom is 0.410 e. The Morgan fingerprint density at radius 2 is 1.91 bits per heavy atom. The molecular weight excluding hydrogens is 458 g/mol. The molecular formula is C24H34N3O6S+. The van der Waals surface area contributed by atoms with Crippen LogP contribution in [-0.2, 0) is 24.1 Å². The monoisotopic (exact) mass is 492 g/mol. The van der Waals surface area contributed by atoms with Crippen molar-refractivity contribution in [3.8, 4) is 17.0 Å². The number of pyridine rings is 1. The Kier molecular flexibility index (Phi) is 9.40. The molecule has 9 nitrogen and oxygen atoms in total. The van der Waals surface area contributed by atoms with Crippen molar-refractivity contribution in [2.45, 2.75) is 37.7 Å². The van der Waals surface area contributed by atoms with Crippen LogP contribution in [-0.4, -0.2) is 66.6 Å². The fourth-order valence-corrected chi connectivity index (χ4v) is 4.62. The minimum Gasteiger partial charge on any atom is -0.492 e. The second-order valence-corrected chi connectivity index (χ2v) is 10.3. The van der Waals surface area contributed by atoms with Gasteiger partial charge < -0.3 is 19.1 Å². The first-order valence-corrected chi connectivity index (χ1v) is 12.9. The number of hydrogen-bond donors (Lipinski definition) is 2. The maximum atomic E-state index is 12.4. The van der Waals surface area contributed by atoms with Gasteiger partial charge in [0.25, 0.3) is 0 Å². The van der Waals surface area contributed by atoms with E-state index in [4.69, 9.17) is 14.2 Å². The SMILES string of the molecule is COCCN[S+](=O)(O)c1ccc(-c2ccc(OCC3CCN(C(=O)OC(C)C)CC3)cn2)cc1. The fraction of sp³-hybridized carbons (Fsp3) is 0.500. The molecule has 1 atom stereocenters. The molecule has 0 saturated carbocycles. The molecule has 10 heteroatoms. The van der Waals surface area contributed by atoms with Crippen molar-refractivity contribution >= 4 is 16.5 Å². The average Bonchev–Trinajstić information content (AvgIpc) is 2.83. The molecule has 0 radical (unpaired) electrons. The van der Waals surface area contributed by atoms with E-state index in [2.05, 4.69) is 9.71 Å². The van der Waals surface area contributed by atoms with Crippen LogP contribution in [0.5, 0.6) is 5.75 Å². The first kappa shape index (κ1) is 26.1. The van der Waals surface area contributed by atoms with Crippen molar-refractivity contribution in [1.82, 2.24) is 14.6 Å². The van der Waals surface area contributed by atoms with Gasteiger partial charge in [0.15, 0.2) is 0 Å². The van der Waals surface area contributed by atoms with Gasteiger partial charge in [-0.2, -0.15) is 4.55 Å². The van der Waals surface area contributed by atoms with Crippen molar-refractivity contribution in [2.24, 2.45) is 5.92 Å². The molecule has 2 heterocycles. The van der Waals surface area contributed by atoms with Gasteiger partial charge in [0.1, 0.15) is 5.75 Å². The van der Waals surface area contributed by atoms with Gasteiger partial charge in [0.05, 0.1) is 37.8 Å². The molecule has 1 aromatic heterocycles. The molecule has 2 N–H and O–H groups in total.